The molecular formula is C19H16FN3O5. The average molecular weight is 385 g/mol. The Morgan fingerprint density at radius 2 is 1.89 bits per heavy atom. The summed E-state index contributed by atoms with van der Waals surface area (Å²) in [6, 6.07) is 9.99. The maximum Gasteiger partial charge on any atom is 0.282 e. The molecule has 9 heteroatoms. The van der Waals surface area contributed by atoms with Crippen LogP contribution in [0.5, 0.6) is 0 Å². The van der Waals surface area contributed by atoms with Crippen LogP contribution in [0.4, 0.5) is 10.1 Å². The minimum absolute atomic E-state index is 0.00452. The molecule has 0 radical (unpaired) electrons. The molecular weight excluding hydrogens is 369 g/mol. The molecule has 2 aromatic carbocycles. The first kappa shape index (κ1) is 18.2. The zero-order chi connectivity index (χ0) is 19.8. The summed E-state index contributed by atoms with van der Waals surface area (Å²) in [5.41, 5.74) is 0.303. The summed E-state index contributed by atoms with van der Waals surface area (Å²) in [6.45, 7) is 1.28. The van der Waals surface area contributed by atoms with Crippen LogP contribution in [0, 0.1) is 15.9 Å². The number of halogens is 1. The minimum Gasteiger partial charge on any atom is -0.371 e. The SMILES string of the molecule is O=C1c2cccc([N+](=O)[O-])c2C(=O)N1CN1CCOC(c2ccc(F)cc2)C1. The van der Waals surface area contributed by atoms with Crippen molar-refractivity contribution in [2.75, 3.05) is 26.4 Å². The molecule has 1 saturated heterocycles. The third-order valence-corrected chi connectivity index (χ3v) is 4.91. The molecule has 2 aromatic rings. The molecule has 0 spiro atoms. The van der Waals surface area contributed by atoms with Gasteiger partial charge in [-0.3, -0.25) is 29.5 Å². The molecule has 0 aliphatic carbocycles. The summed E-state index contributed by atoms with van der Waals surface area (Å²) in [5.74, 6) is -1.56. The number of nitro benzene ring substituents is 1. The lowest BCUT2D eigenvalue weighted by Gasteiger charge is -2.34. The number of nitro groups is 1. The zero-order valence-electron chi connectivity index (χ0n) is 14.7. The summed E-state index contributed by atoms with van der Waals surface area (Å²) in [5, 5.41) is 11.2. The van der Waals surface area contributed by atoms with E-state index in [1.54, 1.807) is 12.1 Å². The quantitative estimate of drug-likeness (QED) is 0.456. The molecule has 0 bridgehead atoms. The molecule has 4 rings (SSSR count). The van der Waals surface area contributed by atoms with E-state index in [2.05, 4.69) is 0 Å². The molecule has 1 unspecified atom stereocenters. The van der Waals surface area contributed by atoms with Gasteiger partial charge in [0.1, 0.15) is 11.4 Å². The van der Waals surface area contributed by atoms with E-state index >= 15 is 0 Å². The van der Waals surface area contributed by atoms with Crippen LogP contribution in [0.3, 0.4) is 0 Å². The van der Waals surface area contributed by atoms with Gasteiger partial charge in [-0.05, 0) is 23.8 Å². The number of hydrogen-bond acceptors (Lipinski definition) is 6. The molecule has 2 amide bonds. The van der Waals surface area contributed by atoms with Crippen molar-refractivity contribution in [2.45, 2.75) is 6.10 Å². The van der Waals surface area contributed by atoms with E-state index in [0.29, 0.717) is 19.7 Å². The fourth-order valence-corrected chi connectivity index (χ4v) is 3.51. The fourth-order valence-electron chi connectivity index (χ4n) is 3.51. The second-order valence-corrected chi connectivity index (χ2v) is 6.62. The van der Waals surface area contributed by atoms with E-state index in [4.69, 9.17) is 4.74 Å². The van der Waals surface area contributed by atoms with Crippen LogP contribution in [-0.2, 0) is 4.74 Å². The average Bonchev–Trinajstić information content (AvgIpc) is 2.94. The van der Waals surface area contributed by atoms with Gasteiger partial charge in [-0.25, -0.2) is 4.39 Å². The Kier molecular flexibility index (Phi) is 4.62. The number of benzene rings is 2. The van der Waals surface area contributed by atoms with Crippen LogP contribution in [0.2, 0.25) is 0 Å². The highest BCUT2D eigenvalue weighted by atomic mass is 19.1. The molecule has 8 nitrogen and oxygen atoms in total. The Bertz CT molecular complexity index is 963. The maximum absolute atomic E-state index is 13.1. The number of nitrogens with zero attached hydrogens (tertiary/aromatic N) is 3. The number of carbonyl (C=O) groups is 2. The third kappa shape index (κ3) is 3.14. The minimum atomic E-state index is -0.669. The normalized spacial score (nSPS) is 19.8. The van der Waals surface area contributed by atoms with E-state index in [-0.39, 0.29) is 35.4 Å². The molecule has 2 aliphatic rings. The lowest BCUT2D eigenvalue weighted by molar-refractivity contribution is -0.385. The van der Waals surface area contributed by atoms with E-state index < -0.39 is 16.7 Å². The number of fused-ring (bicyclic) bond motifs is 1. The molecule has 1 fully saturated rings. The van der Waals surface area contributed by atoms with Gasteiger partial charge < -0.3 is 4.74 Å². The molecule has 1 atom stereocenters. The molecule has 0 N–H and O–H groups in total. The van der Waals surface area contributed by atoms with Crippen LogP contribution >= 0.6 is 0 Å². The zero-order valence-corrected chi connectivity index (χ0v) is 14.7. The summed E-state index contributed by atoms with van der Waals surface area (Å²) in [4.78, 5) is 38.8. The second kappa shape index (κ2) is 7.10. The Morgan fingerprint density at radius 1 is 1.14 bits per heavy atom. The molecule has 28 heavy (non-hydrogen) atoms. The standard InChI is InChI=1S/C19H16FN3O5/c20-13-6-4-12(5-7-13)16-10-21(8-9-28-16)11-22-18(24)14-2-1-3-15(23(26)27)17(14)19(22)25/h1-7,16H,8-11H2. The number of rotatable bonds is 4. The number of morpholine rings is 1. The molecule has 144 valence electrons. The number of carbonyl (C=O) groups excluding carboxylic acids is 2. The van der Waals surface area contributed by atoms with E-state index in [1.165, 1.54) is 30.3 Å². The third-order valence-electron chi connectivity index (χ3n) is 4.91. The van der Waals surface area contributed by atoms with Crippen LogP contribution < -0.4 is 0 Å². The number of ether oxygens (including phenoxy) is 1. The largest absolute Gasteiger partial charge is 0.371 e. The van der Waals surface area contributed by atoms with Crippen molar-refractivity contribution in [3.8, 4) is 0 Å². The summed E-state index contributed by atoms with van der Waals surface area (Å²) in [7, 11) is 0. The van der Waals surface area contributed by atoms with Crippen molar-refractivity contribution >= 4 is 17.5 Å². The molecule has 0 aromatic heterocycles. The first-order valence-electron chi connectivity index (χ1n) is 8.68. The predicted molar refractivity (Wildman–Crippen MR) is 95.1 cm³/mol. The highest BCUT2D eigenvalue weighted by Crippen LogP contribution is 2.31. The smallest absolute Gasteiger partial charge is 0.282 e. The number of amides is 2. The van der Waals surface area contributed by atoms with Crippen molar-refractivity contribution in [2.24, 2.45) is 0 Å². The van der Waals surface area contributed by atoms with E-state index in [0.717, 1.165) is 10.5 Å². The summed E-state index contributed by atoms with van der Waals surface area (Å²) in [6.07, 6.45) is -0.320. The monoisotopic (exact) mass is 385 g/mol. The van der Waals surface area contributed by atoms with Gasteiger partial charge in [0.05, 0.1) is 29.9 Å². The Morgan fingerprint density at radius 3 is 2.61 bits per heavy atom. The van der Waals surface area contributed by atoms with Crippen molar-refractivity contribution in [3.05, 3.63) is 75.1 Å². The van der Waals surface area contributed by atoms with Gasteiger partial charge in [0.15, 0.2) is 0 Å². The molecule has 2 aliphatic heterocycles. The summed E-state index contributed by atoms with van der Waals surface area (Å²) >= 11 is 0. The Labute approximate surface area is 159 Å². The van der Waals surface area contributed by atoms with Crippen LogP contribution in [-0.4, -0.2) is 52.9 Å². The number of imide groups is 1. The van der Waals surface area contributed by atoms with Gasteiger partial charge in [-0.2, -0.15) is 0 Å². The van der Waals surface area contributed by atoms with Gasteiger partial charge in [0.25, 0.3) is 17.5 Å². The van der Waals surface area contributed by atoms with Crippen LogP contribution in [0.25, 0.3) is 0 Å². The van der Waals surface area contributed by atoms with Gasteiger partial charge >= 0.3 is 0 Å². The molecule has 2 heterocycles. The predicted octanol–water partition coefficient (Wildman–Crippen LogP) is 2.36. The van der Waals surface area contributed by atoms with Gasteiger partial charge in [0.2, 0.25) is 0 Å². The second-order valence-electron chi connectivity index (χ2n) is 6.62. The maximum atomic E-state index is 13.1. The van der Waals surface area contributed by atoms with Crippen molar-refractivity contribution in [1.29, 1.82) is 0 Å². The van der Waals surface area contributed by atoms with E-state index in [9.17, 15) is 24.1 Å². The highest BCUT2D eigenvalue weighted by Gasteiger charge is 2.42. The lowest BCUT2D eigenvalue weighted by Crippen LogP contribution is -2.46. The van der Waals surface area contributed by atoms with Crippen molar-refractivity contribution in [3.63, 3.8) is 0 Å². The first-order valence-corrected chi connectivity index (χ1v) is 8.68. The van der Waals surface area contributed by atoms with Gasteiger partial charge in [0, 0.05) is 19.2 Å². The van der Waals surface area contributed by atoms with Crippen molar-refractivity contribution < 1.29 is 23.6 Å². The Hall–Kier alpha value is -3.17. The summed E-state index contributed by atoms with van der Waals surface area (Å²) < 4.78 is 18.8. The van der Waals surface area contributed by atoms with Gasteiger partial charge in [-0.1, -0.05) is 18.2 Å². The van der Waals surface area contributed by atoms with Crippen molar-refractivity contribution in [1.82, 2.24) is 9.80 Å². The Balaban J connectivity index is 1.52. The topological polar surface area (TPSA) is 93.0 Å². The lowest BCUT2D eigenvalue weighted by atomic mass is 10.1. The molecule has 0 saturated carbocycles. The van der Waals surface area contributed by atoms with Crippen LogP contribution in [0.15, 0.2) is 42.5 Å². The first-order chi connectivity index (χ1) is 13.5. The highest BCUT2D eigenvalue weighted by molar-refractivity contribution is 6.23. The number of hydrogen-bond donors (Lipinski definition) is 0. The van der Waals surface area contributed by atoms with Gasteiger partial charge in [-0.15, -0.1) is 0 Å². The van der Waals surface area contributed by atoms with E-state index in [1.807, 2.05) is 4.90 Å². The fraction of sp³-hybridized carbons (Fsp3) is 0.263. The van der Waals surface area contributed by atoms with Crippen LogP contribution in [0.1, 0.15) is 32.4 Å².